The van der Waals surface area contributed by atoms with Crippen LogP contribution in [0.1, 0.15) is 0 Å². The van der Waals surface area contributed by atoms with Crippen LogP contribution < -0.4 is 4.90 Å². The highest BCUT2D eigenvalue weighted by molar-refractivity contribution is 7.25. The van der Waals surface area contributed by atoms with Gasteiger partial charge in [0.25, 0.3) is 0 Å². The van der Waals surface area contributed by atoms with Gasteiger partial charge in [-0.2, -0.15) is 0 Å². The molecule has 8 aromatic carbocycles. The van der Waals surface area contributed by atoms with Gasteiger partial charge in [-0.3, -0.25) is 0 Å². The molecule has 0 amide bonds. The van der Waals surface area contributed by atoms with Crippen LogP contribution in [0, 0.1) is 0 Å². The zero-order valence-electron chi connectivity index (χ0n) is 28.1. The van der Waals surface area contributed by atoms with Gasteiger partial charge in [-0.25, -0.2) is 9.97 Å². The molecule has 0 atom stereocenters. The molecule has 3 nitrogen and oxygen atoms in total. The molecule has 0 N–H and O–H groups in total. The molecule has 10 rings (SSSR count). The average Bonchev–Trinajstić information content (AvgIpc) is 3.59. The highest BCUT2D eigenvalue weighted by atomic mass is 32.1. The van der Waals surface area contributed by atoms with Gasteiger partial charge in [0.1, 0.15) is 0 Å². The molecule has 0 fully saturated rings. The Bertz CT molecular complexity index is 2900. The van der Waals surface area contributed by atoms with E-state index in [-0.39, 0.29) is 0 Å². The van der Waals surface area contributed by atoms with E-state index in [1.165, 1.54) is 20.2 Å². The normalized spacial score (nSPS) is 11.5. The fourth-order valence-electron chi connectivity index (χ4n) is 7.31. The Balaban J connectivity index is 1.12. The molecule has 10 aromatic rings. The first-order chi connectivity index (χ1) is 25.8. The summed E-state index contributed by atoms with van der Waals surface area (Å²) in [6, 6.07) is 66.7. The maximum Gasteiger partial charge on any atom is 0.0973 e. The molecule has 2 aromatic heterocycles. The number of rotatable bonds is 6. The number of thiophene rings is 1. The van der Waals surface area contributed by atoms with Crippen molar-refractivity contribution in [1.82, 2.24) is 9.97 Å². The van der Waals surface area contributed by atoms with E-state index < -0.39 is 0 Å². The van der Waals surface area contributed by atoms with Gasteiger partial charge < -0.3 is 4.90 Å². The van der Waals surface area contributed by atoms with Crippen LogP contribution in [0.2, 0.25) is 0 Å². The van der Waals surface area contributed by atoms with E-state index in [4.69, 9.17) is 9.97 Å². The second kappa shape index (κ2) is 12.6. The maximum atomic E-state index is 5.38. The molecule has 0 aliphatic heterocycles. The average molecular weight is 682 g/mol. The summed E-state index contributed by atoms with van der Waals surface area (Å²) in [5.41, 5.74) is 11.2. The molecule has 0 aliphatic carbocycles. The molecular weight excluding hydrogens is 651 g/mol. The summed E-state index contributed by atoms with van der Waals surface area (Å²) in [5, 5.41) is 4.79. The fraction of sp³-hybridized carbons (Fsp3) is 0. The minimum absolute atomic E-state index is 0.878. The molecule has 0 aliphatic rings. The number of benzene rings is 8. The standard InChI is InChI=1S/C48H31N3S/c1-4-13-33(14-5-1)46-47(34-15-6-2-7-16-34)50-48-41-30-36(24-23-32(41)25-27-43(48)49-46)35-17-12-20-38(29-35)51(37-18-8-3-9-19-37)39-26-28-45-42(31-39)40-21-10-11-22-44(40)52-45/h1-31H. The Hall–Kier alpha value is -6.62. The number of hydrogen-bond donors (Lipinski definition) is 0. The van der Waals surface area contributed by atoms with Gasteiger partial charge >= 0.3 is 0 Å². The summed E-state index contributed by atoms with van der Waals surface area (Å²) in [7, 11) is 0. The van der Waals surface area contributed by atoms with Crippen molar-refractivity contribution in [2.45, 2.75) is 0 Å². The number of para-hydroxylation sites is 1. The van der Waals surface area contributed by atoms with Crippen molar-refractivity contribution in [3.63, 3.8) is 0 Å². The fourth-order valence-corrected chi connectivity index (χ4v) is 8.40. The second-order valence-electron chi connectivity index (χ2n) is 13.0. The van der Waals surface area contributed by atoms with E-state index in [0.29, 0.717) is 0 Å². The third kappa shape index (κ3) is 5.29. The van der Waals surface area contributed by atoms with Gasteiger partial charge in [-0.1, -0.05) is 127 Å². The van der Waals surface area contributed by atoms with Crippen molar-refractivity contribution >= 4 is 70.4 Å². The van der Waals surface area contributed by atoms with Crippen molar-refractivity contribution < 1.29 is 0 Å². The molecule has 0 saturated heterocycles. The van der Waals surface area contributed by atoms with Crippen LogP contribution in [-0.2, 0) is 0 Å². The van der Waals surface area contributed by atoms with Crippen LogP contribution in [0.3, 0.4) is 0 Å². The Kier molecular flexibility index (Phi) is 7.33. The molecule has 2 heterocycles. The lowest BCUT2D eigenvalue weighted by Gasteiger charge is -2.26. The van der Waals surface area contributed by atoms with Crippen LogP contribution in [0.15, 0.2) is 188 Å². The largest absolute Gasteiger partial charge is 0.310 e. The summed E-state index contributed by atoms with van der Waals surface area (Å²) in [6.45, 7) is 0. The molecule has 0 unspecified atom stereocenters. The minimum atomic E-state index is 0.878. The summed E-state index contributed by atoms with van der Waals surface area (Å²) in [5.74, 6) is 0. The molecule has 0 saturated carbocycles. The van der Waals surface area contributed by atoms with Gasteiger partial charge in [-0.05, 0) is 77.2 Å². The zero-order valence-corrected chi connectivity index (χ0v) is 29.0. The van der Waals surface area contributed by atoms with Crippen molar-refractivity contribution in [3.8, 4) is 33.6 Å². The smallest absolute Gasteiger partial charge is 0.0973 e. The Morgan fingerprint density at radius 2 is 0.962 bits per heavy atom. The van der Waals surface area contributed by atoms with Crippen molar-refractivity contribution in [2.75, 3.05) is 4.90 Å². The first kappa shape index (κ1) is 30.2. The Labute approximate surface area is 305 Å². The quantitative estimate of drug-likeness (QED) is 0.164. The topological polar surface area (TPSA) is 29.0 Å². The predicted octanol–water partition coefficient (Wildman–Crippen LogP) is 13.6. The highest BCUT2D eigenvalue weighted by Crippen LogP contribution is 2.42. The lowest BCUT2D eigenvalue weighted by molar-refractivity contribution is 1.29. The van der Waals surface area contributed by atoms with Gasteiger partial charge in [0, 0.05) is 53.7 Å². The third-order valence-corrected chi connectivity index (χ3v) is 11.0. The van der Waals surface area contributed by atoms with Crippen LogP contribution >= 0.6 is 11.3 Å². The monoisotopic (exact) mass is 681 g/mol. The first-order valence-corrected chi connectivity index (χ1v) is 18.3. The summed E-state index contributed by atoms with van der Waals surface area (Å²) < 4.78 is 2.60. The summed E-state index contributed by atoms with van der Waals surface area (Å²) in [4.78, 5) is 13.0. The molecule has 4 heteroatoms. The van der Waals surface area contributed by atoms with Gasteiger partial charge in [0.2, 0.25) is 0 Å². The summed E-state index contributed by atoms with van der Waals surface area (Å²) >= 11 is 1.85. The van der Waals surface area contributed by atoms with E-state index in [1.54, 1.807) is 0 Å². The molecule has 0 radical (unpaired) electrons. The van der Waals surface area contributed by atoms with E-state index in [1.807, 2.05) is 23.5 Å². The Morgan fingerprint density at radius 3 is 1.75 bits per heavy atom. The molecular formula is C48H31N3S. The van der Waals surface area contributed by atoms with E-state index in [9.17, 15) is 0 Å². The van der Waals surface area contributed by atoms with Gasteiger partial charge in [0.05, 0.1) is 22.4 Å². The Morgan fingerprint density at radius 1 is 0.365 bits per heavy atom. The molecule has 52 heavy (non-hydrogen) atoms. The van der Waals surface area contributed by atoms with Crippen LogP contribution in [0.4, 0.5) is 17.1 Å². The first-order valence-electron chi connectivity index (χ1n) is 17.5. The van der Waals surface area contributed by atoms with Gasteiger partial charge in [-0.15, -0.1) is 11.3 Å². The highest BCUT2D eigenvalue weighted by Gasteiger charge is 2.17. The minimum Gasteiger partial charge on any atom is -0.310 e. The number of anilines is 3. The van der Waals surface area contributed by atoms with Crippen molar-refractivity contribution in [2.24, 2.45) is 0 Å². The van der Waals surface area contributed by atoms with Crippen LogP contribution in [-0.4, -0.2) is 9.97 Å². The SMILES string of the molecule is c1ccc(-c2nc3ccc4ccc(-c5cccc(N(c6ccccc6)c6ccc7sc8ccccc8c7c6)c5)cc4c3nc2-c2ccccc2)cc1. The number of hydrogen-bond acceptors (Lipinski definition) is 4. The molecule has 244 valence electrons. The lowest BCUT2D eigenvalue weighted by Crippen LogP contribution is -2.09. The number of fused-ring (bicyclic) bond motifs is 6. The molecule has 0 bridgehead atoms. The third-order valence-electron chi connectivity index (χ3n) is 9.82. The number of aromatic nitrogens is 2. The van der Waals surface area contributed by atoms with Crippen molar-refractivity contribution in [1.29, 1.82) is 0 Å². The van der Waals surface area contributed by atoms with Crippen LogP contribution in [0.25, 0.3) is 75.6 Å². The second-order valence-corrected chi connectivity index (χ2v) is 14.1. The zero-order chi connectivity index (χ0) is 34.4. The summed E-state index contributed by atoms with van der Waals surface area (Å²) in [6.07, 6.45) is 0. The van der Waals surface area contributed by atoms with E-state index in [2.05, 4.69) is 181 Å². The predicted molar refractivity (Wildman–Crippen MR) is 221 cm³/mol. The van der Waals surface area contributed by atoms with E-state index in [0.717, 1.165) is 72.5 Å². The lowest BCUT2D eigenvalue weighted by atomic mass is 9.98. The molecule has 0 spiro atoms. The van der Waals surface area contributed by atoms with Gasteiger partial charge in [0.15, 0.2) is 0 Å². The maximum absolute atomic E-state index is 5.38. The van der Waals surface area contributed by atoms with Crippen LogP contribution in [0.5, 0.6) is 0 Å². The van der Waals surface area contributed by atoms with E-state index >= 15 is 0 Å². The van der Waals surface area contributed by atoms with Crippen molar-refractivity contribution in [3.05, 3.63) is 188 Å². The number of nitrogens with zero attached hydrogens (tertiary/aromatic N) is 3.